The lowest BCUT2D eigenvalue weighted by Gasteiger charge is -2.05. The Kier molecular flexibility index (Phi) is 31.5. The normalized spacial score (nSPS) is 11.5. The number of hydrogen-bond acceptors (Lipinski definition) is 2. The van der Waals surface area contributed by atoms with Crippen LogP contribution < -0.4 is 0 Å². The molecule has 0 aromatic carbocycles. The van der Waals surface area contributed by atoms with Gasteiger partial charge in [0, 0.05) is 6.42 Å². The molecule has 2 heteroatoms. The summed E-state index contributed by atoms with van der Waals surface area (Å²) in [5.74, 6) is -0.0160. The van der Waals surface area contributed by atoms with Gasteiger partial charge in [-0.05, 0) is 19.3 Å². The summed E-state index contributed by atoms with van der Waals surface area (Å²) in [6.45, 7) is 5.01. The third-order valence-electron chi connectivity index (χ3n) is 7.40. The number of carbonyl (C=O) groups excluding carboxylic acids is 1. The maximum Gasteiger partial charge on any atom is 0.305 e. The van der Waals surface area contributed by atoms with Crippen molar-refractivity contribution in [1.29, 1.82) is 0 Å². The monoisotopic (exact) mass is 507 g/mol. The van der Waals surface area contributed by atoms with Gasteiger partial charge in [-0.25, -0.2) is 0 Å². The Morgan fingerprint density at radius 1 is 0.444 bits per heavy atom. The first-order chi connectivity index (χ1) is 17.8. The van der Waals surface area contributed by atoms with E-state index in [1.165, 1.54) is 154 Å². The highest BCUT2D eigenvalue weighted by Crippen LogP contribution is 2.15. The molecule has 0 aliphatic heterocycles. The van der Waals surface area contributed by atoms with Gasteiger partial charge in [-0.15, -0.1) is 0 Å². The molecule has 0 aromatic heterocycles. The molecule has 0 aliphatic carbocycles. The van der Waals surface area contributed by atoms with Crippen LogP contribution in [0.1, 0.15) is 194 Å². The van der Waals surface area contributed by atoms with Gasteiger partial charge in [-0.2, -0.15) is 0 Å². The highest BCUT2D eigenvalue weighted by Gasteiger charge is 2.02. The predicted molar refractivity (Wildman–Crippen MR) is 161 cm³/mol. The van der Waals surface area contributed by atoms with E-state index >= 15 is 0 Å². The molecule has 0 spiro atoms. The molecule has 214 valence electrons. The number of carbonyl (C=O) groups is 1. The summed E-state index contributed by atoms with van der Waals surface area (Å²) in [4.78, 5) is 11.7. The van der Waals surface area contributed by atoms with Crippen LogP contribution in [0.4, 0.5) is 0 Å². The molecule has 0 fully saturated rings. The molecular formula is C34H66O2. The van der Waals surface area contributed by atoms with Crippen molar-refractivity contribution < 1.29 is 9.53 Å². The Labute approximate surface area is 227 Å². The van der Waals surface area contributed by atoms with Gasteiger partial charge in [0.25, 0.3) is 0 Å². The molecule has 36 heavy (non-hydrogen) atoms. The maximum absolute atomic E-state index is 11.7. The zero-order valence-corrected chi connectivity index (χ0v) is 25.0. The van der Waals surface area contributed by atoms with Crippen LogP contribution in [0.2, 0.25) is 0 Å². The van der Waals surface area contributed by atoms with Gasteiger partial charge in [-0.3, -0.25) is 4.79 Å². The lowest BCUT2D eigenvalue weighted by Crippen LogP contribution is -2.04. The molecule has 0 heterocycles. The number of hydrogen-bond donors (Lipinski definition) is 0. The quantitative estimate of drug-likeness (QED) is 0.0550. The van der Waals surface area contributed by atoms with Gasteiger partial charge >= 0.3 is 5.97 Å². The molecule has 0 N–H and O–H groups in total. The number of ether oxygens (including phenoxy) is 1. The van der Waals surface area contributed by atoms with E-state index in [1.807, 2.05) is 0 Å². The number of allylic oxidation sites excluding steroid dienone is 1. The first-order valence-corrected chi connectivity index (χ1v) is 16.6. The number of esters is 1. The van der Waals surface area contributed by atoms with E-state index in [0.717, 1.165) is 19.3 Å². The molecule has 0 unspecified atom stereocenters. The number of rotatable bonds is 30. The van der Waals surface area contributed by atoms with Gasteiger partial charge in [-0.1, -0.05) is 180 Å². The van der Waals surface area contributed by atoms with Crippen LogP contribution in [0.15, 0.2) is 12.2 Å². The average molecular weight is 507 g/mol. The molecule has 0 saturated heterocycles. The van der Waals surface area contributed by atoms with Crippen molar-refractivity contribution in [3.8, 4) is 0 Å². The second kappa shape index (κ2) is 32.2. The molecule has 0 saturated carbocycles. The van der Waals surface area contributed by atoms with E-state index < -0.39 is 0 Å². The van der Waals surface area contributed by atoms with Crippen LogP contribution in [0.25, 0.3) is 0 Å². The highest BCUT2D eigenvalue weighted by atomic mass is 16.5. The van der Waals surface area contributed by atoms with Crippen LogP contribution in [-0.2, 0) is 9.53 Å². The SMILES string of the molecule is CCC/C=C/CCOC(=O)CCCCCCCCCCCCCCCCCCCCCCCCCC. The average Bonchev–Trinajstić information content (AvgIpc) is 2.88. The first-order valence-electron chi connectivity index (χ1n) is 16.6. The highest BCUT2D eigenvalue weighted by molar-refractivity contribution is 5.69. The summed E-state index contributed by atoms with van der Waals surface area (Å²) in [6, 6.07) is 0. The third-order valence-corrected chi connectivity index (χ3v) is 7.40. The fourth-order valence-electron chi connectivity index (χ4n) is 4.95. The topological polar surface area (TPSA) is 26.3 Å². The van der Waals surface area contributed by atoms with Gasteiger partial charge in [0.1, 0.15) is 0 Å². The molecule has 0 atom stereocenters. The zero-order valence-electron chi connectivity index (χ0n) is 25.0. The smallest absolute Gasteiger partial charge is 0.305 e. The minimum Gasteiger partial charge on any atom is -0.465 e. The Hall–Kier alpha value is -0.790. The third kappa shape index (κ3) is 31.2. The van der Waals surface area contributed by atoms with Crippen LogP contribution in [0.3, 0.4) is 0 Å². The van der Waals surface area contributed by atoms with E-state index in [4.69, 9.17) is 4.74 Å². The van der Waals surface area contributed by atoms with Crippen molar-refractivity contribution in [1.82, 2.24) is 0 Å². The second-order valence-electron chi connectivity index (χ2n) is 11.2. The second-order valence-corrected chi connectivity index (χ2v) is 11.2. The first kappa shape index (κ1) is 35.2. The van der Waals surface area contributed by atoms with Crippen molar-refractivity contribution in [2.75, 3.05) is 6.61 Å². The Morgan fingerprint density at radius 2 is 0.778 bits per heavy atom. The number of unbranched alkanes of at least 4 members (excludes halogenated alkanes) is 24. The summed E-state index contributed by atoms with van der Waals surface area (Å²) >= 11 is 0. The van der Waals surface area contributed by atoms with Crippen LogP contribution >= 0.6 is 0 Å². The Bertz CT molecular complexity index is 442. The van der Waals surface area contributed by atoms with Crippen LogP contribution in [0, 0.1) is 0 Å². The summed E-state index contributed by atoms with van der Waals surface area (Å²) < 4.78 is 5.28. The van der Waals surface area contributed by atoms with Crippen molar-refractivity contribution in [3.63, 3.8) is 0 Å². The van der Waals surface area contributed by atoms with Crippen molar-refractivity contribution in [3.05, 3.63) is 12.2 Å². The summed E-state index contributed by atoms with van der Waals surface area (Å²) in [6.07, 6.45) is 41.7. The standard InChI is InChI=1S/C34H66O2/c1-3-5-7-9-10-11-12-13-14-15-16-17-18-19-20-21-22-23-24-25-26-27-28-30-32-34(35)36-33-31-29-8-6-4-2/h8,29H,3-7,9-28,30-33H2,1-2H3/b29-8+. The van der Waals surface area contributed by atoms with E-state index in [1.54, 1.807) is 0 Å². The van der Waals surface area contributed by atoms with Crippen molar-refractivity contribution >= 4 is 5.97 Å². The molecule has 2 nitrogen and oxygen atoms in total. The maximum atomic E-state index is 11.7. The van der Waals surface area contributed by atoms with Crippen LogP contribution in [0.5, 0.6) is 0 Å². The van der Waals surface area contributed by atoms with Gasteiger partial charge < -0.3 is 4.74 Å². The Morgan fingerprint density at radius 3 is 1.14 bits per heavy atom. The Balaban J connectivity index is 3.11. The van der Waals surface area contributed by atoms with E-state index in [-0.39, 0.29) is 5.97 Å². The lowest BCUT2D eigenvalue weighted by atomic mass is 10.0. The molecule has 0 rings (SSSR count). The van der Waals surface area contributed by atoms with E-state index in [0.29, 0.717) is 13.0 Å². The fourth-order valence-corrected chi connectivity index (χ4v) is 4.95. The van der Waals surface area contributed by atoms with Gasteiger partial charge in [0.15, 0.2) is 0 Å². The lowest BCUT2D eigenvalue weighted by molar-refractivity contribution is -0.143. The summed E-state index contributed by atoms with van der Waals surface area (Å²) in [7, 11) is 0. The fraction of sp³-hybridized carbons (Fsp3) is 0.912. The minimum absolute atomic E-state index is 0.0160. The summed E-state index contributed by atoms with van der Waals surface area (Å²) in [5, 5.41) is 0. The van der Waals surface area contributed by atoms with Crippen molar-refractivity contribution in [2.45, 2.75) is 194 Å². The van der Waals surface area contributed by atoms with Gasteiger partial charge in [0.2, 0.25) is 0 Å². The van der Waals surface area contributed by atoms with E-state index in [9.17, 15) is 4.79 Å². The van der Waals surface area contributed by atoms with E-state index in [2.05, 4.69) is 26.0 Å². The largest absolute Gasteiger partial charge is 0.465 e. The van der Waals surface area contributed by atoms with Gasteiger partial charge in [0.05, 0.1) is 6.61 Å². The molecule has 0 aliphatic rings. The predicted octanol–water partition coefficient (Wildman–Crippen LogP) is 12.0. The minimum atomic E-state index is -0.0160. The molecular weight excluding hydrogens is 440 g/mol. The molecule has 0 aromatic rings. The van der Waals surface area contributed by atoms with Crippen molar-refractivity contribution in [2.24, 2.45) is 0 Å². The summed E-state index contributed by atoms with van der Waals surface area (Å²) in [5.41, 5.74) is 0. The zero-order chi connectivity index (χ0) is 26.2. The molecule has 0 radical (unpaired) electrons. The van der Waals surface area contributed by atoms with Crippen LogP contribution in [-0.4, -0.2) is 12.6 Å². The molecule has 0 bridgehead atoms. The molecule has 0 amide bonds.